The van der Waals surface area contributed by atoms with E-state index in [-0.39, 0.29) is 17.9 Å². The molecular formula is C21H22N2O2. The zero-order valence-corrected chi connectivity index (χ0v) is 14.0. The molecule has 0 unspecified atom stereocenters. The molecule has 3 rings (SSSR count). The molecule has 2 N–H and O–H groups in total. The standard InChI is InChI=1S/C21H22N2O2/c24-20(17-12-6-2-7-13-17)23-19(16-10-4-1-5-11-16)21(25)22-18-14-8-3-9-15-18/h1-2,4-8,10-14,18-19H,3,9,15H2,(H,22,25)(H,23,24)/t18-,19-/m1/s1. The second-order valence-corrected chi connectivity index (χ2v) is 6.16. The van der Waals surface area contributed by atoms with Gasteiger partial charge < -0.3 is 10.6 Å². The molecule has 0 saturated carbocycles. The fraction of sp³-hybridized carbons (Fsp3) is 0.238. The average Bonchev–Trinajstić information content (AvgIpc) is 2.68. The fourth-order valence-corrected chi connectivity index (χ4v) is 2.95. The number of hydrogen-bond acceptors (Lipinski definition) is 2. The zero-order chi connectivity index (χ0) is 17.5. The molecule has 1 aliphatic carbocycles. The fourth-order valence-electron chi connectivity index (χ4n) is 2.95. The van der Waals surface area contributed by atoms with Gasteiger partial charge in [-0.05, 0) is 37.0 Å². The van der Waals surface area contributed by atoms with Crippen molar-refractivity contribution in [1.29, 1.82) is 0 Å². The molecule has 0 radical (unpaired) electrons. The molecule has 2 aromatic rings. The van der Waals surface area contributed by atoms with E-state index in [0.29, 0.717) is 5.56 Å². The van der Waals surface area contributed by atoms with E-state index in [2.05, 4.69) is 16.7 Å². The minimum atomic E-state index is -0.718. The highest BCUT2D eigenvalue weighted by Crippen LogP contribution is 2.16. The largest absolute Gasteiger partial charge is 0.348 e. The summed E-state index contributed by atoms with van der Waals surface area (Å²) < 4.78 is 0. The summed E-state index contributed by atoms with van der Waals surface area (Å²) in [5.41, 5.74) is 1.30. The molecule has 0 spiro atoms. The number of rotatable bonds is 5. The Balaban J connectivity index is 1.77. The van der Waals surface area contributed by atoms with Crippen LogP contribution in [0.4, 0.5) is 0 Å². The van der Waals surface area contributed by atoms with Crippen LogP contribution in [0.1, 0.15) is 41.2 Å². The molecular weight excluding hydrogens is 312 g/mol. The van der Waals surface area contributed by atoms with Crippen molar-refractivity contribution in [2.45, 2.75) is 31.3 Å². The lowest BCUT2D eigenvalue weighted by Crippen LogP contribution is -2.44. The summed E-state index contributed by atoms with van der Waals surface area (Å²) in [7, 11) is 0. The smallest absolute Gasteiger partial charge is 0.252 e. The predicted octanol–water partition coefficient (Wildman–Crippen LogP) is 3.38. The molecule has 2 aromatic carbocycles. The Kier molecular flexibility index (Phi) is 5.62. The minimum Gasteiger partial charge on any atom is -0.348 e. The van der Waals surface area contributed by atoms with Crippen LogP contribution in [0.25, 0.3) is 0 Å². The van der Waals surface area contributed by atoms with Crippen LogP contribution in [-0.2, 0) is 4.79 Å². The number of hydrogen-bond donors (Lipinski definition) is 2. The van der Waals surface area contributed by atoms with Gasteiger partial charge >= 0.3 is 0 Å². The number of nitrogens with one attached hydrogen (secondary N) is 2. The summed E-state index contributed by atoms with van der Waals surface area (Å²) in [6, 6.07) is 17.6. The van der Waals surface area contributed by atoms with Crippen molar-refractivity contribution in [3.63, 3.8) is 0 Å². The van der Waals surface area contributed by atoms with E-state index in [1.165, 1.54) is 0 Å². The maximum atomic E-state index is 12.8. The van der Waals surface area contributed by atoms with Crippen molar-refractivity contribution in [1.82, 2.24) is 10.6 Å². The summed E-state index contributed by atoms with van der Waals surface area (Å²) >= 11 is 0. The van der Waals surface area contributed by atoms with Crippen LogP contribution in [0.2, 0.25) is 0 Å². The molecule has 0 fully saturated rings. The molecule has 128 valence electrons. The average molecular weight is 334 g/mol. The Morgan fingerprint density at radius 2 is 1.64 bits per heavy atom. The third kappa shape index (κ3) is 4.57. The summed E-state index contributed by atoms with van der Waals surface area (Å²) in [6.45, 7) is 0. The van der Waals surface area contributed by atoms with Gasteiger partial charge in [0, 0.05) is 11.6 Å². The predicted molar refractivity (Wildman–Crippen MR) is 98.0 cm³/mol. The molecule has 25 heavy (non-hydrogen) atoms. The second kappa shape index (κ2) is 8.29. The van der Waals surface area contributed by atoms with Crippen molar-refractivity contribution in [2.24, 2.45) is 0 Å². The Bertz CT molecular complexity index is 741. The van der Waals surface area contributed by atoms with Crippen LogP contribution in [0.3, 0.4) is 0 Å². The van der Waals surface area contributed by atoms with Crippen LogP contribution in [0.5, 0.6) is 0 Å². The highest BCUT2D eigenvalue weighted by molar-refractivity contribution is 5.97. The Hall–Kier alpha value is -2.88. The molecule has 2 amide bonds. The number of carbonyl (C=O) groups is 2. The summed E-state index contributed by atoms with van der Waals surface area (Å²) in [4.78, 5) is 25.3. The van der Waals surface area contributed by atoms with Crippen molar-refractivity contribution in [3.8, 4) is 0 Å². The van der Waals surface area contributed by atoms with Gasteiger partial charge in [0.15, 0.2) is 0 Å². The molecule has 0 heterocycles. The third-order valence-corrected chi connectivity index (χ3v) is 4.29. The SMILES string of the molecule is O=C(N[C@@H](C(=O)N[C@@H]1C=CCCC1)c1ccccc1)c1ccccc1. The highest BCUT2D eigenvalue weighted by Gasteiger charge is 2.25. The van der Waals surface area contributed by atoms with Gasteiger partial charge in [0.1, 0.15) is 6.04 Å². The van der Waals surface area contributed by atoms with Gasteiger partial charge in [0.05, 0.1) is 0 Å². The van der Waals surface area contributed by atoms with E-state index in [0.717, 1.165) is 24.8 Å². The first-order valence-electron chi connectivity index (χ1n) is 8.62. The van der Waals surface area contributed by atoms with E-state index in [1.54, 1.807) is 24.3 Å². The summed E-state index contributed by atoms with van der Waals surface area (Å²) in [6.07, 6.45) is 7.17. The molecule has 0 aromatic heterocycles. The van der Waals surface area contributed by atoms with Crippen molar-refractivity contribution in [3.05, 3.63) is 83.9 Å². The van der Waals surface area contributed by atoms with E-state index in [9.17, 15) is 9.59 Å². The van der Waals surface area contributed by atoms with E-state index < -0.39 is 6.04 Å². The Morgan fingerprint density at radius 3 is 2.28 bits per heavy atom. The van der Waals surface area contributed by atoms with Gasteiger partial charge in [0.2, 0.25) is 5.91 Å². The molecule has 0 bridgehead atoms. The maximum Gasteiger partial charge on any atom is 0.252 e. The van der Waals surface area contributed by atoms with Crippen LogP contribution >= 0.6 is 0 Å². The second-order valence-electron chi connectivity index (χ2n) is 6.16. The topological polar surface area (TPSA) is 58.2 Å². The van der Waals surface area contributed by atoms with Gasteiger partial charge in [-0.2, -0.15) is 0 Å². The van der Waals surface area contributed by atoms with E-state index >= 15 is 0 Å². The molecule has 0 saturated heterocycles. The summed E-state index contributed by atoms with van der Waals surface area (Å²) in [5.74, 6) is -0.448. The van der Waals surface area contributed by atoms with Crippen molar-refractivity contribution < 1.29 is 9.59 Å². The first kappa shape index (κ1) is 17.0. The Morgan fingerprint density at radius 1 is 0.960 bits per heavy atom. The first-order valence-corrected chi connectivity index (χ1v) is 8.62. The molecule has 2 atom stereocenters. The van der Waals surface area contributed by atoms with Gasteiger partial charge in [-0.1, -0.05) is 60.7 Å². The number of allylic oxidation sites excluding steroid dienone is 1. The lowest BCUT2D eigenvalue weighted by Gasteiger charge is -2.23. The van der Waals surface area contributed by atoms with Crippen LogP contribution in [0.15, 0.2) is 72.8 Å². The van der Waals surface area contributed by atoms with E-state index in [4.69, 9.17) is 0 Å². The Labute approximate surface area is 148 Å². The lowest BCUT2D eigenvalue weighted by atomic mass is 10.0. The maximum absolute atomic E-state index is 12.8. The number of carbonyl (C=O) groups excluding carboxylic acids is 2. The number of benzene rings is 2. The molecule has 4 heteroatoms. The van der Waals surface area contributed by atoms with Gasteiger partial charge in [-0.25, -0.2) is 0 Å². The van der Waals surface area contributed by atoms with Crippen LogP contribution in [-0.4, -0.2) is 17.9 Å². The third-order valence-electron chi connectivity index (χ3n) is 4.29. The zero-order valence-electron chi connectivity index (χ0n) is 14.0. The first-order chi connectivity index (χ1) is 12.2. The molecule has 1 aliphatic rings. The summed E-state index contributed by atoms with van der Waals surface area (Å²) in [5, 5.41) is 5.90. The van der Waals surface area contributed by atoms with Gasteiger partial charge in [-0.15, -0.1) is 0 Å². The van der Waals surface area contributed by atoms with Crippen molar-refractivity contribution in [2.75, 3.05) is 0 Å². The normalized spacial score (nSPS) is 17.5. The lowest BCUT2D eigenvalue weighted by molar-refractivity contribution is -0.123. The van der Waals surface area contributed by atoms with E-state index in [1.807, 2.05) is 42.5 Å². The number of amides is 2. The van der Waals surface area contributed by atoms with Crippen LogP contribution in [0, 0.1) is 0 Å². The minimum absolute atomic E-state index is 0.0288. The van der Waals surface area contributed by atoms with Gasteiger partial charge in [-0.3, -0.25) is 9.59 Å². The van der Waals surface area contributed by atoms with Crippen LogP contribution < -0.4 is 10.6 Å². The quantitative estimate of drug-likeness (QED) is 0.824. The monoisotopic (exact) mass is 334 g/mol. The van der Waals surface area contributed by atoms with Gasteiger partial charge in [0.25, 0.3) is 5.91 Å². The highest BCUT2D eigenvalue weighted by atomic mass is 16.2. The van der Waals surface area contributed by atoms with Crippen molar-refractivity contribution >= 4 is 11.8 Å². The molecule has 0 aliphatic heterocycles. The molecule has 4 nitrogen and oxygen atoms in total.